The fraction of sp³-hybridized carbons (Fsp3) is 0.481. The zero-order valence-electron chi connectivity index (χ0n) is 21.3. The fourth-order valence-corrected chi connectivity index (χ4v) is 4.65. The molecule has 5 N–H and O–H groups in total. The van der Waals surface area contributed by atoms with Crippen molar-refractivity contribution in [2.24, 2.45) is 0 Å². The molecular weight excluding hydrogens is 552 g/mol. The van der Waals surface area contributed by atoms with Gasteiger partial charge in [0, 0.05) is 48.2 Å². The van der Waals surface area contributed by atoms with Gasteiger partial charge in [-0.25, -0.2) is 4.39 Å². The number of anilines is 2. The normalized spacial score (nSPS) is 22.8. The topological polar surface area (TPSA) is 131 Å². The van der Waals surface area contributed by atoms with Gasteiger partial charge in [0.2, 0.25) is 5.91 Å². The van der Waals surface area contributed by atoms with Gasteiger partial charge in [0.15, 0.2) is 12.4 Å². The van der Waals surface area contributed by atoms with E-state index >= 15 is 0 Å². The van der Waals surface area contributed by atoms with Crippen LogP contribution in [0.5, 0.6) is 0 Å². The molecule has 0 aliphatic carbocycles. The maximum atomic E-state index is 14.3. The van der Waals surface area contributed by atoms with E-state index in [4.69, 9.17) is 27.9 Å². The van der Waals surface area contributed by atoms with E-state index in [1.54, 1.807) is 12.1 Å². The number of ether oxygens (including phenoxy) is 1. The molecule has 0 saturated carbocycles. The van der Waals surface area contributed by atoms with Crippen LogP contribution < -0.4 is 15.5 Å². The fourth-order valence-electron chi connectivity index (χ4n) is 4.24. The highest BCUT2D eigenvalue weighted by atomic mass is 35.5. The Hall–Kier alpha value is -2.47. The second-order valence-electron chi connectivity index (χ2n) is 9.19. The largest absolute Gasteiger partial charge is 0.394 e. The minimum absolute atomic E-state index is 0.169. The van der Waals surface area contributed by atoms with Crippen molar-refractivity contribution in [2.75, 3.05) is 41.7 Å². The summed E-state index contributed by atoms with van der Waals surface area (Å²) in [6.07, 6.45) is -6.58. The van der Waals surface area contributed by atoms with Crippen LogP contribution in [0.1, 0.15) is 28.8 Å². The molecule has 39 heavy (non-hydrogen) atoms. The average molecular weight is 586 g/mol. The Balaban J connectivity index is 1.44. The number of carbonyl (C=O) groups excluding carboxylic acids is 2. The maximum absolute atomic E-state index is 14.3. The molecule has 1 aliphatic heterocycles. The van der Waals surface area contributed by atoms with Gasteiger partial charge in [-0.05, 0) is 54.8 Å². The lowest BCUT2D eigenvalue weighted by atomic mass is 9.99. The number of nitrogens with one attached hydrogen (secondary N) is 2. The summed E-state index contributed by atoms with van der Waals surface area (Å²) in [5.41, 5.74) is 2.83. The van der Waals surface area contributed by atoms with Gasteiger partial charge in [0.25, 0.3) is 5.91 Å². The second-order valence-corrected chi connectivity index (χ2v) is 9.94. The first-order valence-electron chi connectivity index (χ1n) is 12.7. The van der Waals surface area contributed by atoms with Crippen molar-refractivity contribution in [3.63, 3.8) is 0 Å². The lowest BCUT2D eigenvalue weighted by Gasteiger charge is -2.38. The predicted octanol–water partition coefficient (Wildman–Crippen LogP) is 2.44. The van der Waals surface area contributed by atoms with Gasteiger partial charge < -0.3 is 35.6 Å². The molecule has 0 aromatic heterocycles. The quantitative estimate of drug-likeness (QED) is 0.228. The molecule has 0 unspecified atom stereocenters. The average Bonchev–Trinajstić information content (AvgIpc) is 2.94. The zero-order valence-corrected chi connectivity index (χ0v) is 22.8. The third kappa shape index (κ3) is 8.76. The highest BCUT2D eigenvalue weighted by molar-refractivity contribution is 6.18. The molecule has 0 radical (unpaired) electrons. The van der Waals surface area contributed by atoms with Crippen molar-refractivity contribution in [1.82, 2.24) is 5.32 Å². The van der Waals surface area contributed by atoms with Crippen LogP contribution >= 0.6 is 23.2 Å². The highest BCUT2D eigenvalue weighted by Gasteiger charge is 2.45. The Kier molecular flexibility index (Phi) is 12.2. The van der Waals surface area contributed by atoms with Crippen LogP contribution in [0.2, 0.25) is 0 Å². The Morgan fingerprint density at radius 3 is 2.21 bits per heavy atom. The van der Waals surface area contributed by atoms with E-state index in [1.807, 2.05) is 24.3 Å². The standard InChI is InChI=1S/C27H34Cl2FN3O6/c28-12-14-33(15-13-29)20-10-4-17(5-11-20)2-1-3-22(35)31-19-8-6-18(7-9-19)26(38)32-27-23(30)25(37)24(36)21(16-34)39-27/h4-11,21,23-25,27,34,36-37H,1-3,12-16H2,(H,31,35)(H,32,38)/t21-,23+,24-,25-,27-/m1/s1. The predicted molar refractivity (Wildman–Crippen MR) is 148 cm³/mol. The lowest BCUT2D eigenvalue weighted by Crippen LogP contribution is -2.61. The van der Waals surface area contributed by atoms with E-state index in [1.165, 1.54) is 12.1 Å². The first-order chi connectivity index (χ1) is 18.8. The third-order valence-electron chi connectivity index (χ3n) is 6.43. The van der Waals surface area contributed by atoms with Crippen molar-refractivity contribution in [3.8, 4) is 0 Å². The number of carbonyl (C=O) groups is 2. The van der Waals surface area contributed by atoms with Gasteiger partial charge in [-0.3, -0.25) is 9.59 Å². The molecule has 0 bridgehead atoms. The first-order valence-corrected chi connectivity index (χ1v) is 13.8. The Labute approximate surface area is 236 Å². The van der Waals surface area contributed by atoms with E-state index in [9.17, 15) is 29.3 Å². The molecule has 1 saturated heterocycles. The van der Waals surface area contributed by atoms with Crippen LogP contribution in [0.4, 0.5) is 15.8 Å². The molecule has 1 fully saturated rings. The first kappa shape index (κ1) is 31.1. The van der Waals surface area contributed by atoms with Gasteiger partial charge in [0.1, 0.15) is 18.3 Å². The molecule has 2 aromatic carbocycles. The van der Waals surface area contributed by atoms with E-state index in [0.717, 1.165) is 17.7 Å². The molecular formula is C27H34Cl2FN3O6. The molecule has 5 atom stereocenters. The number of nitrogens with zero attached hydrogens (tertiary/aromatic N) is 1. The minimum Gasteiger partial charge on any atom is -0.394 e. The van der Waals surface area contributed by atoms with Gasteiger partial charge in [-0.15, -0.1) is 23.2 Å². The number of hydrogen-bond acceptors (Lipinski definition) is 7. The van der Waals surface area contributed by atoms with Gasteiger partial charge in [-0.2, -0.15) is 0 Å². The van der Waals surface area contributed by atoms with Crippen molar-refractivity contribution in [2.45, 2.75) is 50.0 Å². The number of aliphatic hydroxyl groups is 3. The zero-order chi connectivity index (χ0) is 28.4. The van der Waals surface area contributed by atoms with E-state index in [2.05, 4.69) is 15.5 Å². The van der Waals surface area contributed by atoms with Crippen LogP contribution in [0.15, 0.2) is 48.5 Å². The molecule has 2 amide bonds. The molecule has 3 rings (SSSR count). The summed E-state index contributed by atoms with van der Waals surface area (Å²) >= 11 is 11.7. The summed E-state index contributed by atoms with van der Waals surface area (Å²) in [5.74, 6) is 0.181. The summed E-state index contributed by atoms with van der Waals surface area (Å²) in [4.78, 5) is 27.0. The van der Waals surface area contributed by atoms with E-state index in [-0.39, 0.29) is 11.5 Å². The number of amides is 2. The summed E-state index contributed by atoms with van der Waals surface area (Å²) in [7, 11) is 0. The number of aliphatic hydroxyl groups excluding tert-OH is 3. The van der Waals surface area contributed by atoms with Crippen LogP contribution in [0.25, 0.3) is 0 Å². The molecule has 214 valence electrons. The van der Waals surface area contributed by atoms with Crippen LogP contribution in [-0.2, 0) is 16.0 Å². The summed E-state index contributed by atoms with van der Waals surface area (Å²) < 4.78 is 19.5. The third-order valence-corrected chi connectivity index (χ3v) is 6.77. The van der Waals surface area contributed by atoms with Gasteiger partial charge in [0.05, 0.1) is 6.61 Å². The molecule has 2 aromatic rings. The SMILES string of the molecule is O=C(CCCc1ccc(N(CCCl)CCCl)cc1)Nc1ccc(C(=O)N[C@@H]2O[C@H](CO)[C@@H](O)[C@H](O)[C@@H]2F)cc1. The van der Waals surface area contributed by atoms with Crippen LogP contribution in [0.3, 0.4) is 0 Å². The Morgan fingerprint density at radius 2 is 1.62 bits per heavy atom. The monoisotopic (exact) mass is 585 g/mol. The van der Waals surface area contributed by atoms with Crippen molar-refractivity contribution >= 4 is 46.4 Å². The van der Waals surface area contributed by atoms with E-state index < -0.39 is 43.2 Å². The highest BCUT2D eigenvalue weighted by Crippen LogP contribution is 2.23. The van der Waals surface area contributed by atoms with Gasteiger partial charge in [-0.1, -0.05) is 12.1 Å². The molecule has 12 heteroatoms. The number of alkyl halides is 3. The number of aryl methyl sites for hydroxylation is 1. The molecule has 0 spiro atoms. The van der Waals surface area contributed by atoms with Crippen LogP contribution in [0, 0.1) is 0 Å². The molecule has 1 heterocycles. The number of halogens is 3. The Morgan fingerprint density at radius 1 is 0.974 bits per heavy atom. The summed E-state index contributed by atoms with van der Waals surface area (Å²) in [6.45, 7) is 0.778. The lowest BCUT2D eigenvalue weighted by molar-refractivity contribution is -0.216. The summed E-state index contributed by atoms with van der Waals surface area (Å²) in [6, 6.07) is 14.1. The minimum atomic E-state index is -2.08. The molecule has 9 nitrogen and oxygen atoms in total. The number of benzene rings is 2. The molecule has 1 aliphatic rings. The van der Waals surface area contributed by atoms with E-state index in [0.29, 0.717) is 43.4 Å². The van der Waals surface area contributed by atoms with Crippen LogP contribution in [-0.4, -0.2) is 89.3 Å². The smallest absolute Gasteiger partial charge is 0.253 e. The second kappa shape index (κ2) is 15.4. The van der Waals surface area contributed by atoms with Crippen molar-refractivity contribution in [1.29, 1.82) is 0 Å². The number of rotatable bonds is 13. The Bertz CT molecular complexity index is 1050. The summed E-state index contributed by atoms with van der Waals surface area (Å²) in [5, 5.41) is 33.8. The van der Waals surface area contributed by atoms with Crippen molar-refractivity contribution in [3.05, 3.63) is 59.7 Å². The number of hydrogen-bond donors (Lipinski definition) is 5. The van der Waals surface area contributed by atoms with Gasteiger partial charge >= 0.3 is 0 Å². The maximum Gasteiger partial charge on any atom is 0.253 e. The van der Waals surface area contributed by atoms with Crippen molar-refractivity contribution < 1.29 is 34.0 Å².